The van der Waals surface area contributed by atoms with Gasteiger partial charge in [0.1, 0.15) is 0 Å². The largest absolute Gasteiger partial charge is 0.326 e. The molecule has 76 valence electrons. The van der Waals surface area contributed by atoms with E-state index in [0.29, 0.717) is 0 Å². The summed E-state index contributed by atoms with van der Waals surface area (Å²) in [5.74, 6) is -0.822. The second-order valence-corrected chi connectivity index (χ2v) is 5.31. The summed E-state index contributed by atoms with van der Waals surface area (Å²) in [7, 11) is 0. The van der Waals surface area contributed by atoms with Gasteiger partial charge in [0.05, 0.1) is 24.6 Å². The van der Waals surface area contributed by atoms with Crippen molar-refractivity contribution in [3.63, 3.8) is 0 Å². The van der Waals surface area contributed by atoms with E-state index in [1.54, 1.807) is 0 Å². The van der Waals surface area contributed by atoms with Crippen LogP contribution >= 0.6 is 15.9 Å². The van der Waals surface area contributed by atoms with Gasteiger partial charge in [-0.15, -0.1) is 0 Å². The lowest BCUT2D eigenvalue weighted by Crippen LogP contribution is -2.62. The summed E-state index contributed by atoms with van der Waals surface area (Å²) in [4.78, 5) is 0.0650. The number of hydrogen-bond acceptors (Lipinski definition) is 3. The molecule has 0 saturated carbocycles. The monoisotopic (exact) mass is 250 g/mol. The number of alkyl halides is 1. The molecular formula is C9H15BrO3. The Morgan fingerprint density at radius 2 is 1.69 bits per heavy atom. The smallest absolute Gasteiger partial charge is 0.295 e. The van der Waals surface area contributed by atoms with E-state index in [-0.39, 0.29) is 10.2 Å². The Kier molecular flexibility index (Phi) is 2.43. The van der Waals surface area contributed by atoms with Crippen LogP contribution in [0.15, 0.2) is 0 Å². The number of rotatable bonds is 2. The van der Waals surface area contributed by atoms with Gasteiger partial charge in [-0.25, -0.2) is 0 Å². The van der Waals surface area contributed by atoms with E-state index in [4.69, 9.17) is 14.2 Å². The van der Waals surface area contributed by atoms with Gasteiger partial charge in [0.2, 0.25) is 0 Å². The molecule has 4 heteroatoms. The van der Waals surface area contributed by atoms with Crippen LogP contribution in [-0.4, -0.2) is 30.6 Å². The Bertz CT molecular complexity index is 181. The molecule has 3 rings (SSSR count). The third-order valence-electron chi connectivity index (χ3n) is 2.98. The molecule has 0 spiro atoms. The molecule has 3 aliphatic heterocycles. The van der Waals surface area contributed by atoms with E-state index in [2.05, 4.69) is 22.9 Å². The molecule has 3 heterocycles. The standard InChI is InChI=1S/C9H15BrO3/c1-3-8-4-11-9(7(2)10,12-5-8)13-6-8/h7H,3-6H2,1-2H3. The van der Waals surface area contributed by atoms with Crippen LogP contribution in [0.4, 0.5) is 0 Å². The van der Waals surface area contributed by atoms with E-state index in [1.165, 1.54) is 0 Å². The Balaban J connectivity index is 2.11. The first-order valence-electron chi connectivity index (χ1n) is 4.68. The quantitative estimate of drug-likeness (QED) is 0.701. The highest BCUT2D eigenvalue weighted by atomic mass is 79.9. The summed E-state index contributed by atoms with van der Waals surface area (Å²) < 4.78 is 16.9. The molecule has 1 unspecified atom stereocenters. The number of halogens is 1. The lowest BCUT2D eigenvalue weighted by molar-refractivity contribution is -0.465. The minimum Gasteiger partial charge on any atom is -0.326 e. The molecule has 3 fully saturated rings. The fourth-order valence-electron chi connectivity index (χ4n) is 1.66. The van der Waals surface area contributed by atoms with E-state index < -0.39 is 5.97 Å². The minimum atomic E-state index is -0.822. The predicted octanol–water partition coefficient (Wildman–Crippen LogP) is 1.90. The van der Waals surface area contributed by atoms with Crippen molar-refractivity contribution in [3.05, 3.63) is 0 Å². The van der Waals surface area contributed by atoms with Crippen LogP contribution in [0.25, 0.3) is 0 Å². The van der Waals surface area contributed by atoms with Crippen LogP contribution in [0, 0.1) is 5.41 Å². The molecule has 3 saturated heterocycles. The van der Waals surface area contributed by atoms with E-state index >= 15 is 0 Å². The molecule has 0 aromatic rings. The van der Waals surface area contributed by atoms with Crippen molar-refractivity contribution in [3.8, 4) is 0 Å². The topological polar surface area (TPSA) is 27.7 Å². The zero-order chi connectivity index (χ0) is 9.53. The number of fused-ring (bicyclic) bond motifs is 3. The zero-order valence-corrected chi connectivity index (χ0v) is 9.59. The van der Waals surface area contributed by atoms with E-state index in [1.807, 2.05) is 6.92 Å². The van der Waals surface area contributed by atoms with Gasteiger partial charge in [-0.1, -0.05) is 22.9 Å². The summed E-state index contributed by atoms with van der Waals surface area (Å²) in [6, 6.07) is 0. The SMILES string of the molecule is CCC12COC(C(C)Br)(OC1)OC2. The zero-order valence-electron chi connectivity index (χ0n) is 8.01. The van der Waals surface area contributed by atoms with Crippen LogP contribution in [0.1, 0.15) is 20.3 Å². The second kappa shape index (κ2) is 3.19. The fourth-order valence-corrected chi connectivity index (χ4v) is 2.06. The Labute approximate surface area is 86.9 Å². The first kappa shape index (κ1) is 9.90. The van der Waals surface area contributed by atoms with Crippen molar-refractivity contribution in [2.24, 2.45) is 5.41 Å². The molecule has 13 heavy (non-hydrogen) atoms. The van der Waals surface area contributed by atoms with Crippen molar-refractivity contribution in [1.29, 1.82) is 0 Å². The van der Waals surface area contributed by atoms with E-state index in [9.17, 15) is 0 Å². The minimum absolute atomic E-state index is 0.0650. The van der Waals surface area contributed by atoms with Crippen molar-refractivity contribution >= 4 is 15.9 Å². The molecule has 0 amide bonds. The molecule has 3 nitrogen and oxygen atoms in total. The van der Waals surface area contributed by atoms with Crippen LogP contribution in [0.3, 0.4) is 0 Å². The van der Waals surface area contributed by atoms with Crippen molar-refractivity contribution in [2.45, 2.75) is 31.1 Å². The van der Waals surface area contributed by atoms with Gasteiger partial charge < -0.3 is 14.2 Å². The van der Waals surface area contributed by atoms with Gasteiger partial charge in [0.15, 0.2) is 0 Å². The number of hydrogen-bond donors (Lipinski definition) is 0. The third-order valence-corrected chi connectivity index (χ3v) is 3.54. The van der Waals surface area contributed by atoms with Gasteiger partial charge >= 0.3 is 0 Å². The highest BCUT2D eigenvalue weighted by Gasteiger charge is 2.54. The summed E-state index contributed by atoms with van der Waals surface area (Å²) >= 11 is 3.44. The van der Waals surface area contributed by atoms with Crippen molar-refractivity contribution < 1.29 is 14.2 Å². The molecule has 0 radical (unpaired) electrons. The van der Waals surface area contributed by atoms with Gasteiger partial charge in [-0.05, 0) is 13.3 Å². The maximum Gasteiger partial charge on any atom is 0.295 e. The number of ether oxygens (including phenoxy) is 3. The average Bonchev–Trinajstić information content (AvgIpc) is 2.20. The fraction of sp³-hybridized carbons (Fsp3) is 1.00. The molecular weight excluding hydrogens is 236 g/mol. The maximum absolute atomic E-state index is 5.63. The molecule has 0 aliphatic carbocycles. The summed E-state index contributed by atoms with van der Waals surface area (Å²) in [6.07, 6.45) is 1.04. The molecule has 3 aliphatic rings. The lowest BCUT2D eigenvalue weighted by Gasteiger charge is -2.52. The van der Waals surface area contributed by atoms with Gasteiger partial charge in [0.25, 0.3) is 5.97 Å². The van der Waals surface area contributed by atoms with Gasteiger partial charge in [-0.3, -0.25) is 0 Å². The summed E-state index contributed by atoms with van der Waals surface area (Å²) in [5.41, 5.74) is 0.101. The van der Waals surface area contributed by atoms with Gasteiger partial charge in [0, 0.05) is 5.41 Å². The first-order valence-corrected chi connectivity index (χ1v) is 5.60. The van der Waals surface area contributed by atoms with E-state index in [0.717, 1.165) is 26.2 Å². The average molecular weight is 251 g/mol. The highest BCUT2D eigenvalue weighted by molar-refractivity contribution is 9.09. The predicted molar refractivity (Wildman–Crippen MR) is 51.7 cm³/mol. The molecule has 2 bridgehead atoms. The lowest BCUT2D eigenvalue weighted by atomic mass is 9.86. The Morgan fingerprint density at radius 3 is 2.00 bits per heavy atom. The van der Waals surface area contributed by atoms with Crippen LogP contribution in [-0.2, 0) is 14.2 Å². The van der Waals surface area contributed by atoms with Crippen LogP contribution in [0.5, 0.6) is 0 Å². The van der Waals surface area contributed by atoms with Gasteiger partial charge in [-0.2, -0.15) is 0 Å². The summed E-state index contributed by atoms with van der Waals surface area (Å²) in [5, 5.41) is 0. The molecule has 0 N–H and O–H groups in total. The summed E-state index contributed by atoms with van der Waals surface area (Å²) in [6.45, 7) is 6.37. The first-order chi connectivity index (χ1) is 6.13. The molecule has 0 aromatic carbocycles. The van der Waals surface area contributed by atoms with Crippen molar-refractivity contribution in [1.82, 2.24) is 0 Å². The third kappa shape index (κ3) is 1.44. The van der Waals surface area contributed by atoms with Crippen LogP contribution < -0.4 is 0 Å². The van der Waals surface area contributed by atoms with Crippen LogP contribution in [0.2, 0.25) is 0 Å². The Morgan fingerprint density at radius 1 is 1.23 bits per heavy atom. The van der Waals surface area contributed by atoms with Crippen molar-refractivity contribution in [2.75, 3.05) is 19.8 Å². The second-order valence-electron chi connectivity index (χ2n) is 3.94. The maximum atomic E-state index is 5.63. The Hall–Kier alpha value is 0.360. The molecule has 0 aromatic heterocycles. The molecule has 1 atom stereocenters. The normalized spacial score (nSPS) is 46.4. The highest BCUT2D eigenvalue weighted by Crippen LogP contribution is 2.43.